The van der Waals surface area contributed by atoms with E-state index in [0.717, 1.165) is 26.1 Å². The number of hydrogen-bond acceptors (Lipinski definition) is 2. The van der Waals surface area contributed by atoms with Gasteiger partial charge in [-0.05, 0) is 57.0 Å². The van der Waals surface area contributed by atoms with E-state index in [9.17, 15) is 4.79 Å². The standard InChI is InChI=1S/C21H27N3O/c1-5-24(6-2)21(25)14-10-17-15-8-7-9-18-20(15)16(13(3)22-18)11-19(17)23(4)12-14/h7-10,14,19,22H,5-6,11-12H2,1-4H3/t14-,19+/m0/s1. The lowest BCUT2D eigenvalue weighted by atomic mass is 9.79. The maximum atomic E-state index is 12.9. The van der Waals surface area contributed by atoms with Crippen molar-refractivity contribution in [1.82, 2.24) is 14.8 Å². The third-order valence-corrected chi connectivity index (χ3v) is 6.00. The Kier molecular flexibility index (Phi) is 3.95. The highest BCUT2D eigenvalue weighted by Gasteiger charge is 2.36. The Hall–Kier alpha value is -2.07. The normalized spacial score (nSPS) is 22.6. The first-order valence-corrected chi connectivity index (χ1v) is 9.36. The number of fused-ring (bicyclic) bond motifs is 2. The Morgan fingerprint density at radius 3 is 2.80 bits per heavy atom. The summed E-state index contributed by atoms with van der Waals surface area (Å²) in [6.07, 6.45) is 3.28. The number of hydrogen-bond donors (Lipinski definition) is 1. The van der Waals surface area contributed by atoms with Crippen LogP contribution in [-0.4, -0.2) is 53.4 Å². The van der Waals surface area contributed by atoms with Crippen LogP contribution in [0.1, 0.15) is 30.7 Å². The molecule has 2 atom stereocenters. The van der Waals surface area contributed by atoms with Crippen molar-refractivity contribution in [2.45, 2.75) is 33.2 Å². The van der Waals surface area contributed by atoms with Gasteiger partial charge in [0.15, 0.2) is 0 Å². The first-order valence-electron chi connectivity index (χ1n) is 9.36. The Morgan fingerprint density at radius 1 is 1.32 bits per heavy atom. The van der Waals surface area contributed by atoms with Crippen molar-refractivity contribution >= 4 is 22.4 Å². The summed E-state index contributed by atoms with van der Waals surface area (Å²) in [5.41, 5.74) is 6.56. The van der Waals surface area contributed by atoms with Gasteiger partial charge >= 0.3 is 0 Å². The Labute approximate surface area is 149 Å². The first kappa shape index (κ1) is 16.4. The van der Waals surface area contributed by atoms with Crippen molar-refractivity contribution in [3.63, 3.8) is 0 Å². The van der Waals surface area contributed by atoms with Crippen LogP contribution in [0.4, 0.5) is 0 Å². The zero-order valence-corrected chi connectivity index (χ0v) is 15.6. The lowest BCUT2D eigenvalue weighted by Crippen LogP contribution is -2.47. The summed E-state index contributed by atoms with van der Waals surface area (Å²) >= 11 is 0. The van der Waals surface area contributed by atoms with Crippen molar-refractivity contribution in [3.8, 4) is 0 Å². The van der Waals surface area contributed by atoms with E-state index in [1.54, 1.807) is 0 Å². The molecule has 0 fully saturated rings. The van der Waals surface area contributed by atoms with Gasteiger partial charge in [-0.15, -0.1) is 0 Å². The molecule has 1 N–H and O–H groups in total. The number of carbonyl (C=O) groups is 1. The molecular weight excluding hydrogens is 310 g/mol. The minimum Gasteiger partial charge on any atom is -0.358 e. The fourth-order valence-corrected chi connectivity index (χ4v) is 4.65. The van der Waals surface area contributed by atoms with Gasteiger partial charge in [-0.1, -0.05) is 18.2 Å². The van der Waals surface area contributed by atoms with Crippen LogP contribution in [0.3, 0.4) is 0 Å². The molecule has 1 aliphatic heterocycles. The fraction of sp³-hybridized carbons (Fsp3) is 0.476. The fourth-order valence-electron chi connectivity index (χ4n) is 4.65. The summed E-state index contributed by atoms with van der Waals surface area (Å²) in [5, 5.41) is 1.35. The summed E-state index contributed by atoms with van der Waals surface area (Å²) in [4.78, 5) is 20.8. The molecule has 1 aromatic heterocycles. The Morgan fingerprint density at radius 2 is 2.08 bits per heavy atom. The number of rotatable bonds is 3. The van der Waals surface area contributed by atoms with Gasteiger partial charge in [0.25, 0.3) is 0 Å². The number of H-pyrrole nitrogens is 1. The van der Waals surface area contributed by atoms with Crippen LogP contribution in [-0.2, 0) is 11.2 Å². The quantitative estimate of drug-likeness (QED) is 0.934. The van der Waals surface area contributed by atoms with Crippen molar-refractivity contribution in [1.29, 1.82) is 0 Å². The zero-order valence-electron chi connectivity index (χ0n) is 15.6. The van der Waals surface area contributed by atoms with Crippen LogP contribution < -0.4 is 0 Å². The molecule has 2 aliphatic rings. The van der Waals surface area contributed by atoms with Crippen molar-refractivity contribution in [2.75, 3.05) is 26.7 Å². The minimum atomic E-state index is -0.0482. The number of benzene rings is 1. The maximum Gasteiger partial charge on any atom is 0.230 e. The maximum absolute atomic E-state index is 12.9. The summed E-state index contributed by atoms with van der Waals surface area (Å²) in [5.74, 6) is 0.207. The lowest BCUT2D eigenvalue weighted by molar-refractivity contribution is -0.134. The van der Waals surface area contributed by atoms with Crippen LogP contribution in [0.25, 0.3) is 16.5 Å². The number of nitrogens with one attached hydrogen (secondary N) is 1. The third-order valence-electron chi connectivity index (χ3n) is 6.00. The number of nitrogens with zero attached hydrogens (tertiary/aromatic N) is 2. The molecule has 1 aromatic carbocycles. The Bertz CT molecular complexity index is 859. The van der Waals surface area contributed by atoms with Gasteiger partial charge in [-0.2, -0.15) is 0 Å². The molecule has 2 heterocycles. The number of amides is 1. The van der Waals surface area contributed by atoms with E-state index in [-0.39, 0.29) is 11.8 Å². The van der Waals surface area contributed by atoms with Gasteiger partial charge < -0.3 is 9.88 Å². The molecule has 0 saturated heterocycles. The number of aryl methyl sites for hydroxylation is 1. The molecule has 0 unspecified atom stereocenters. The Balaban J connectivity index is 1.83. The van der Waals surface area contributed by atoms with E-state index in [1.807, 2.05) is 4.90 Å². The van der Waals surface area contributed by atoms with E-state index >= 15 is 0 Å². The molecule has 0 spiro atoms. The van der Waals surface area contributed by atoms with E-state index in [2.05, 4.69) is 62.0 Å². The number of aromatic nitrogens is 1. The van der Waals surface area contributed by atoms with Crippen molar-refractivity contribution in [2.24, 2.45) is 5.92 Å². The van der Waals surface area contributed by atoms with Crippen molar-refractivity contribution in [3.05, 3.63) is 41.1 Å². The highest BCUT2D eigenvalue weighted by atomic mass is 16.2. The summed E-state index contributed by atoms with van der Waals surface area (Å²) in [6.45, 7) is 8.64. The van der Waals surface area contributed by atoms with Gasteiger partial charge in [-0.3, -0.25) is 9.69 Å². The van der Waals surface area contributed by atoms with Gasteiger partial charge in [0.2, 0.25) is 5.91 Å². The summed E-state index contributed by atoms with van der Waals surface area (Å²) in [6, 6.07) is 6.86. The van der Waals surface area contributed by atoms with Gasteiger partial charge in [0, 0.05) is 42.3 Å². The number of likely N-dealkylation sites (N-methyl/N-ethyl adjacent to an activating group) is 1. The third kappa shape index (κ3) is 2.43. The summed E-state index contributed by atoms with van der Waals surface area (Å²) < 4.78 is 0. The molecule has 2 aromatic rings. The molecule has 4 rings (SSSR count). The largest absolute Gasteiger partial charge is 0.358 e. The van der Waals surface area contributed by atoms with Crippen molar-refractivity contribution < 1.29 is 4.79 Å². The summed E-state index contributed by atoms with van der Waals surface area (Å²) in [7, 11) is 2.16. The average Bonchev–Trinajstić information content (AvgIpc) is 2.93. The van der Waals surface area contributed by atoms with Gasteiger partial charge in [-0.25, -0.2) is 0 Å². The highest BCUT2D eigenvalue weighted by Crippen LogP contribution is 2.42. The monoisotopic (exact) mass is 337 g/mol. The topological polar surface area (TPSA) is 39.3 Å². The second-order valence-corrected chi connectivity index (χ2v) is 7.36. The van der Waals surface area contributed by atoms with E-state index in [4.69, 9.17) is 0 Å². The predicted octanol–water partition coefficient (Wildman–Crippen LogP) is 3.21. The van der Waals surface area contributed by atoms with Crippen LogP contribution in [0.5, 0.6) is 0 Å². The van der Waals surface area contributed by atoms with E-state index < -0.39 is 0 Å². The van der Waals surface area contributed by atoms with E-state index in [1.165, 1.54) is 33.3 Å². The molecule has 4 heteroatoms. The van der Waals surface area contributed by atoms with Crippen LogP contribution >= 0.6 is 0 Å². The molecule has 0 saturated carbocycles. The minimum absolute atomic E-state index is 0.0482. The van der Waals surface area contributed by atoms with Crippen LogP contribution in [0.15, 0.2) is 24.3 Å². The molecule has 1 amide bonds. The predicted molar refractivity (Wildman–Crippen MR) is 103 cm³/mol. The second kappa shape index (κ2) is 6.03. The molecule has 132 valence electrons. The number of carbonyl (C=O) groups excluding carboxylic acids is 1. The van der Waals surface area contributed by atoms with Gasteiger partial charge in [0.05, 0.1) is 5.92 Å². The van der Waals surface area contributed by atoms with Gasteiger partial charge in [0.1, 0.15) is 0 Å². The lowest BCUT2D eigenvalue weighted by Gasteiger charge is -2.40. The SMILES string of the molecule is CCN(CC)C(=O)[C@H]1C=C2c3cccc4[nH]c(C)c(c34)C[C@H]2N(C)C1. The smallest absolute Gasteiger partial charge is 0.230 e. The van der Waals surface area contributed by atoms with Crippen LogP contribution in [0, 0.1) is 12.8 Å². The van der Waals surface area contributed by atoms with E-state index in [0.29, 0.717) is 6.04 Å². The molecule has 1 aliphatic carbocycles. The highest BCUT2D eigenvalue weighted by molar-refractivity contribution is 6.00. The molecule has 25 heavy (non-hydrogen) atoms. The molecular formula is C21H27N3O. The second-order valence-electron chi connectivity index (χ2n) is 7.36. The molecule has 0 radical (unpaired) electrons. The number of aromatic amines is 1. The zero-order chi connectivity index (χ0) is 17.7. The average molecular weight is 337 g/mol. The first-order chi connectivity index (χ1) is 12.0. The molecule has 0 bridgehead atoms. The molecule has 4 nitrogen and oxygen atoms in total. The van der Waals surface area contributed by atoms with Crippen LogP contribution in [0.2, 0.25) is 0 Å².